The fourth-order valence-corrected chi connectivity index (χ4v) is 3.12. The Balaban J connectivity index is 2.12. The number of anilines is 2. The summed E-state index contributed by atoms with van der Waals surface area (Å²) in [6.45, 7) is 4.07. The van der Waals surface area contributed by atoms with Crippen molar-refractivity contribution in [3.05, 3.63) is 23.5 Å². The molecule has 2 nitrogen and oxygen atoms in total. The van der Waals surface area contributed by atoms with Gasteiger partial charge in [-0.05, 0) is 56.2 Å². The molecule has 106 valence electrons. The summed E-state index contributed by atoms with van der Waals surface area (Å²) in [7, 11) is 2.08. The van der Waals surface area contributed by atoms with E-state index in [1.807, 2.05) is 6.07 Å². The molecule has 0 amide bonds. The largest absolute Gasteiger partial charge is 0.397 e. The molecule has 19 heavy (non-hydrogen) atoms. The molecule has 1 aromatic carbocycles. The van der Waals surface area contributed by atoms with Gasteiger partial charge < -0.3 is 10.6 Å². The van der Waals surface area contributed by atoms with Crippen molar-refractivity contribution in [2.75, 3.05) is 17.7 Å². The smallest absolute Gasteiger partial charge is 0.128 e. The quantitative estimate of drug-likeness (QED) is 0.832. The number of nitrogens with two attached hydrogens (primary N) is 1. The monoisotopic (exact) mass is 264 g/mol. The highest BCUT2D eigenvalue weighted by molar-refractivity contribution is 5.68. The fraction of sp³-hybridized carbons (Fsp3) is 0.625. The Bertz CT molecular complexity index is 437. The Morgan fingerprint density at radius 3 is 2.47 bits per heavy atom. The lowest BCUT2D eigenvalue weighted by molar-refractivity contribution is 0.313. The molecule has 2 N–H and O–H groups in total. The van der Waals surface area contributed by atoms with Crippen LogP contribution in [0.4, 0.5) is 15.8 Å². The Hall–Kier alpha value is -1.25. The van der Waals surface area contributed by atoms with Crippen LogP contribution in [0.15, 0.2) is 12.1 Å². The van der Waals surface area contributed by atoms with E-state index < -0.39 is 0 Å². The van der Waals surface area contributed by atoms with Crippen molar-refractivity contribution in [2.24, 2.45) is 5.92 Å². The number of benzene rings is 1. The van der Waals surface area contributed by atoms with E-state index in [9.17, 15) is 4.39 Å². The maximum absolute atomic E-state index is 13.5. The highest BCUT2D eigenvalue weighted by Gasteiger charge is 2.24. The van der Waals surface area contributed by atoms with Gasteiger partial charge in [0.25, 0.3) is 0 Å². The zero-order valence-electron chi connectivity index (χ0n) is 12.2. The van der Waals surface area contributed by atoms with Crippen LogP contribution in [0.2, 0.25) is 0 Å². The zero-order valence-corrected chi connectivity index (χ0v) is 12.2. The molecule has 1 aliphatic rings. The van der Waals surface area contributed by atoms with Crippen molar-refractivity contribution in [3.8, 4) is 0 Å². The number of hydrogen-bond donors (Lipinski definition) is 1. The van der Waals surface area contributed by atoms with Crippen LogP contribution in [0.25, 0.3) is 0 Å². The second-order valence-electron chi connectivity index (χ2n) is 5.85. The summed E-state index contributed by atoms with van der Waals surface area (Å²) >= 11 is 0. The van der Waals surface area contributed by atoms with Crippen LogP contribution in [-0.2, 0) is 0 Å². The Morgan fingerprint density at radius 1 is 1.26 bits per heavy atom. The zero-order chi connectivity index (χ0) is 14.0. The molecule has 3 heteroatoms. The molecule has 0 saturated heterocycles. The third-order valence-electron chi connectivity index (χ3n) is 4.63. The Labute approximate surface area is 115 Å². The molecule has 2 rings (SSSR count). The van der Waals surface area contributed by atoms with E-state index in [2.05, 4.69) is 18.9 Å². The molecule has 1 fully saturated rings. The summed E-state index contributed by atoms with van der Waals surface area (Å²) in [5.41, 5.74) is 8.15. The SMILES string of the molecule is CCC1CCC(N(C)c2cc(C)c(F)cc2N)CC1. The highest BCUT2D eigenvalue weighted by atomic mass is 19.1. The number of hydrogen-bond acceptors (Lipinski definition) is 2. The van der Waals surface area contributed by atoms with Crippen LogP contribution in [-0.4, -0.2) is 13.1 Å². The molecular formula is C16H25FN2. The minimum absolute atomic E-state index is 0.218. The van der Waals surface area contributed by atoms with Gasteiger partial charge in [-0.3, -0.25) is 0 Å². The third-order valence-corrected chi connectivity index (χ3v) is 4.63. The van der Waals surface area contributed by atoms with Gasteiger partial charge in [0, 0.05) is 13.1 Å². The van der Waals surface area contributed by atoms with Crippen molar-refractivity contribution in [1.82, 2.24) is 0 Å². The Morgan fingerprint density at radius 2 is 1.89 bits per heavy atom. The number of aryl methyl sites for hydroxylation is 1. The van der Waals surface area contributed by atoms with Crippen LogP contribution in [0.3, 0.4) is 0 Å². The molecule has 0 unspecified atom stereocenters. The lowest BCUT2D eigenvalue weighted by Crippen LogP contribution is -2.35. The van der Waals surface area contributed by atoms with Crippen molar-refractivity contribution in [2.45, 2.75) is 52.0 Å². The van der Waals surface area contributed by atoms with Gasteiger partial charge in [-0.2, -0.15) is 0 Å². The molecule has 1 aromatic rings. The van der Waals surface area contributed by atoms with E-state index in [1.165, 1.54) is 38.2 Å². The summed E-state index contributed by atoms with van der Waals surface area (Å²) < 4.78 is 13.5. The Kier molecular flexibility index (Phi) is 4.33. The lowest BCUT2D eigenvalue weighted by atomic mass is 9.84. The van der Waals surface area contributed by atoms with Crippen LogP contribution in [0.1, 0.15) is 44.6 Å². The summed E-state index contributed by atoms with van der Waals surface area (Å²) in [5.74, 6) is 0.668. The minimum Gasteiger partial charge on any atom is -0.397 e. The molecule has 0 radical (unpaired) electrons. The summed E-state index contributed by atoms with van der Waals surface area (Å²) in [5, 5.41) is 0. The second-order valence-corrected chi connectivity index (χ2v) is 5.85. The van der Waals surface area contributed by atoms with E-state index in [1.54, 1.807) is 6.92 Å². The first-order valence-electron chi connectivity index (χ1n) is 7.31. The number of nitrogen functional groups attached to an aromatic ring is 1. The molecule has 0 spiro atoms. The van der Waals surface area contributed by atoms with Crippen LogP contribution in [0.5, 0.6) is 0 Å². The lowest BCUT2D eigenvalue weighted by Gasteiger charge is -2.36. The molecule has 1 aliphatic carbocycles. The van der Waals surface area contributed by atoms with E-state index in [4.69, 9.17) is 5.73 Å². The minimum atomic E-state index is -0.218. The molecular weight excluding hydrogens is 239 g/mol. The maximum atomic E-state index is 13.5. The third kappa shape index (κ3) is 3.02. The van der Waals surface area contributed by atoms with Gasteiger partial charge in [0.15, 0.2) is 0 Å². The maximum Gasteiger partial charge on any atom is 0.128 e. The first-order chi connectivity index (χ1) is 9.02. The molecule has 0 atom stereocenters. The number of rotatable bonds is 3. The average molecular weight is 264 g/mol. The van der Waals surface area contributed by atoms with Gasteiger partial charge in [-0.1, -0.05) is 13.3 Å². The predicted molar refractivity (Wildman–Crippen MR) is 80.0 cm³/mol. The van der Waals surface area contributed by atoms with Gasteiger partial charge >= 0.3 is 0 Å². The van der Waals surface area contributed by atoms with Crippen molar-refractivity contribution in [3.63, 3.8) is 0 Å². The summed E-state index contributed by atoms with van der Waals surface area (Å²) in [6.07, 6.45) is 6.31. The van der Waals surface area contributed by atoms with Crippen LogP contribution in [0, 0.1) is 18.7 Å². The van der Waals surface area contributed by atoms with Crippen LogP contribution < -0.4 is 10.6 Å². The van der Waals surface area contributed by atoms with E-state index >= 15 is 0 Å². The van der Waals surface area contributed by atoms with Crippen molar-refractivity contribution in [1.29, 1.82) is 0 Å². The second kappa shape index (κ2) is 5.81. The average Bonchev–Trinajstić information content (AvgIpc) is 2.42. The van der Waals surface area contributed by atoms with Crippen LogP contribution >= 0.6 is 0 Å². The van der Waals surface area contributed by atoms with Crippen molar-refractivity contribution < 1.29 is 4.39 Å². The predicted octanol–water partition coefficient (Wildman–Crippen LogP) is 4.12. The molecule has 1 saturated carbocycles. The molecule has 0 aromatic heterocycles. The fourth-order valence-electron chi connectivity index (χ4n) is 3.12. The van der Waals surface area contributed by atoms with Gasteiger partial charge in [0.1, 0.15) is 5.82 Å². The standard InChI is InChI=1S/C16H25FN2/c1-4-12-5-7-13(8-6-12)19(3)16-9-11(2)14(17)10-15(16)18/h9-10,12-13H,4-8,18H2,1-3H3. The normalized spacial score (nSPS) is 23.4. The van der Waals surface area contributed by atoms with Gasteiger partial charge in [0.2, 0.25) is 0 Å². The molecule has 0 bridgehead atoms. The summed E-state index contributed by atoms with van der Waals surface area (Å²) in [6, 6.07) is 3.85. The van der Waals surface area contributed by atoms with E-state index in [0.717, 1.165) is 11.6 Å². The van der Waals surface area contributed by atoms with E-state index in [-0.39, 0.29) is 5.82 Å². The first-order valence-corrected chi connectivity index (χ1v) is 7.31. The van der Waals surface area contributed by atoms with Crippen molar-refractivity contribution >= 4 is 11.4 Å². The topological polar surface area (TPSA) is 29.3 Å². The van der Waals surface area contributed by atoms with Gasteiger partial charge in [0.05, 0.1) is 11.4 Å². The summed E-state index contributed by atoms with van der Waals surface area (Å²) in [4.78, 5) is 2.24. The highest BCUT2D eigenvalue weighted by Crippen LogP contribution is 2.34. The molecule has 0 aliphatic heterocycles. The number of halogens is 1. The van der Waals surface area contributed by atoms with Gasteiger partial charge in [-0.25, -0.2) is 4.39 Å². The van der Waals surface area contributed by atoms with Gasteiger partial charge in [-0.15, -0.1) is 0 Å². The number of nitrogens with zero attached hydrogens (tertiary/aromatic N) is 1. The first kappa shape index (κ1) is 14.2. The van der Waals surface area contributed by atoms with E-state index in [0.29, 0.717) is 17.3 Å². The molecule has 0 heterocycles.